The van der Waals surface area contributed by atoms with Crippen LogP contribution in [0.15, 0.2) is 12.1 Å². The number of nitrogens with zero attached hydrogens (tertiary/aromatic N) is 4. The number of carbonyl (C=O) groups is 2. The zero-order chi connectivity index (χ0) is 27.3. The van der Waals surface area contributed by atoms with Gasteiger partial charge in [-0.2, -0.15) is 4.31 Å². The van der Waals surface area contributed by atoms with Crippen molar-refractivity contribution in [1.29, 1.82) is 0 Å². The monoisotopic (exact) mass is 609 g/mol. The fourth-order valence-corrected chi connectivity index (χ4v) is 7.17. The molecule has 3 aliphatic heterocycles. The first-order chi connectivity index (χ1) is 18.1. The van der Waals surface area contributed by atoms with Crippen molar-refractivity contribution in [1.82, 2.24) is 24.3 Å². The number of hydrogen-bond donors (Lipinski definition) is 1. The number of hydrogen-bond acceptors (Lipinski definition) is 7. The van der Waals surface area contributed by atoms with Crippen LogP contribution in [-0.2, 0) is 19.6 Å². The van der Waals surface area contributed by atoms with Gasteiger partial charge in [-0.1, -0.05) is 34.8 Å². The number of sulfonamides is 1. The molecule has 2 amide bonds. The number of rotatable bonds is 9. The largest absolute Gasteiger partial charge is 0.482 e. The predicted molar refractivity (Wildman–Crippen MR) is 148 cm³/mol. The molecule has 3 heterocycles. The SMILES string of the molecule is O=C1CCN(CCS(=O)(=O)N2CCN(C(=O)COc3cc(Cl)c(Cl)cc3Cl)[C@@H](CN3CCCC3)C2)CCN1. The molecule has 3 fully saturated rings. The molecule has 14 heteroatoms. The Balaban J connectivity index is 1.38. The average molecular weight is 611 g/mol. The van der Waals surface area contributed by atoms with E-state index in [9.17, 15) is 18.0 Å². The van der Waals surface area contributed by atoms with Gasteiger partial charge in [0, 0.05) is 64.8 Å². The van der Waals surface area contributed by atoms with E-state index < -0.39 is 10.0 Å². The summed E-state index contributed by atoms with van der Waals surface area (Å²) in [5, 5.41) is 3.62. The molecule has 212 valence electrons. The molecule has 10 nitrogen and oxygen atoms in total. The Labute approximate surface area is 239 Å². The third-order valence-electron chi connectivity index (χ3n) is 7.22. The summed E-state index contributed by atoms with van der Waals surface area (Å²) in [6.45, 7) is 5.01. The molecule has 1 aromatic rings. The molecule has 1 atom stereocenters. The minimum absolute atomic E-state index is 0.00804. The number of nitrogens with one attached hydrogen (secondary N) is 1. The summed E-state index contributed by atoms with van der Waals surface area (Å²) in [6, 6.07) is 2.64. The Kier molecular flexibility index (Phi) is 10.4. The van der Waals surface area contributed by atoms with Gasteiger partial charge in [-0.25, -0.2) is 8.42 Å². The first-order valence-corrected chi connectivity index (χ1v) is 15.6. The molecular weight excluding hydrogens is 577 g/mol. The van der Waals surface area contributed by atoms with Crippen molar-refractivity contribution in [2.75, 3.05) is 77.8 Å². The molecule has 0 bridgehead atoms. The van der Waals surface area contributed by atoms with E-state index in [0.717, 1.165) is 25.9 Å². The summed E-state index contributed by atoms with van der Waals surface area (Å²) in [7, 11) is -3.54. The highest BCUT2D eigenvalue weighted by molar-refractivity contribution is 7.89. The maximum absolute atomic E-state index is 13.3. The summed E-state index contributed by atoms with van der Waals surface area (Å²) in [5.41, 5.74) is 0. The van der Waals surface area contributed by atoms with Crippen LogP contribution in [0.3, 0.4) is 0 Å². The normalized spacial score (nSPS) is 22.3. The Morgan fingerprint density at radius 2 is 1.71 bits per heavy atom. The van der Waals surface area contributed by atoms with Crippen LogP contribution in [0.25, 0.3) is 0 Å². The molecular formula is C24H34Cl3N5O5S. The molecule has 0 aliphatic carbocycles. The van der Waals surface area contributed by atoms with Gasteiger partial charge in [0.05, 0.1) is 26.9 Å². The third kappa shape index (κ3) is 7.87. The van der Waals surface area contributed by atoms with Crippen molar-refractivity contribution in [3.8, 4) is 5.75 Å². The van der Waals surface area contributed by atoms with Crippen molar-refractivity contribution in [2.24, 2.45) is 0 Å². The number of likely N-dealkylation sites (tertiary alicyclic amines) is 1. The standard InChI is InChI=1S/C24H34Cl3N5O5S/c25-19-13-21(27)22(14-20(19)26)37-17-24(34)32-10-9-31(16-18(32)15-30-5-1-2-6-30)38(35,36)12-11-29-7-3-23(33)28-4-8-29/h13-14,18H,1-12,15-17H2,(H,28,33)/t18-/m0/s1. The molecule has 0 saturated carbocycles. The lowest BCUT2D eigenvalue weighted by Gasteiger charge is -2.42. The highest BCUT2D eigenvalue weighted by atomic mass is 35.5. The minimum atomic E-state index is -3.54. The van der Waals surface area contributed by atoms with Crippen LogP contribution >= 0.6 is 34.8 Å². The van der Waals surface area contributed by atoms with Gasteiger partial charge in [0.2, 0.25) is 15.9 Å². The lowest BCUT2D eigenvalue weighted by Crippen LogP contribution is -2.60. The number of piperazine rings is 1. The summed E-state index contributed by atoms with van der Waals surface area (Å²) < 4.78 is 33.8. The van der Waals surface area contributed by atoms with E-state index in [1.807, 2.05) is 4.90 Å². The van der Waals surface area contributed by atoms with Gasteiger partial charge in [-0.15, -0.1) is 0 Å². The molecule has 3 aliphatic rings. The lowest BCUT2D eigenvalue weighted by atomic mass is 10.1. The van der Waals surface area contributed by atoms with E-state index in [4.69, 9.17) is 39.5 Å². The molecule has 1 N–H and O–H groups in total. The van der Waals surface area contributed by atoms with Crippen molar-refractivity contribution >= 4 is 56.6 Å². The number of ether oxygens (including phenoxy) is 1. The predicted octanol–water partition coefficient (Wildman–Crippen LogP) is 1.79. The van der Waals surface area contributed by atoms with Gasteiger partial charge in [0.25, 0.3) is 5.91 Å². The second-order valence-electron chi connectivity index (χ2n) is 9.85. The van der Waals surface area contributed by atoms with Crippen LogP contribution in [0, 0.1) is 0 Å². The Morgan fingerprint density at radius 3 is 2.47 bits per heavy atom. The highest BCUT2D eigenvalue weighted by Gasteiger charge is 2.37. The first-order valence-electron chi connectivity index (χ1n) is 12.9. The fraction of sp³-hybridized carbons (Fsp3) is 0.667. The molecule has 0 aromatic heterocycles. The molecule has 0 spiro atoms. The zero-order valence-electron chi connectivity index (χ0n) is 21.2. The smallest absolute Gasteiger partial charge is 0.260 e. The summed E-state index contributed by atoms with van der Waals surface area (Å²) >= 11 is 18.2. The molecule has 3 saturated heterocycles. The summed E-state index contributed by atoms with van der Waals surface area (Å²) in [4.78, 5) is 30.8. The van der Waals surface area contributed by atoms with E-state index in [0.29, 0.717) is 44.2 Å². The number of halogens is 3. The zero-order valence-corrected chi connectivity index (χ0v) is 24.3. The van der Waals surface area contributed by atoms with Crippen LogP contribution in [0.1, 0.15) is 19.3 Å². The van der Waals surface area contributed by atoms with E-state index in [1.54, 1.807) is 4.90 Å². The quantitative estimate of drug-likeness (QED) is 0.426. The number of carbonyl (C=O) groups excluding carboxylic acids is 2. The third-order valence-corrected chi connectivity index (χ3v) is 10.1. The van der Waals surface area contributed by atoms with Crippen LogP contribution in [0.4, 0.5) is 0 Å². The van der Waals surface area contributed by atoms with Gasteiger partial charge in [-0.3, -0.25) is 9.59 Å². The van der Waals surface area contributed by atoms with Crippen LogP contribution in [0.5, 0.6) is 5.75 Å². The van der Waals surface area contributed by atoms with Gasteiger partial charge >= 0.3 is 0 Å². The van der Waals surface area contributed by atoms with Gasteiger partial charge in [0.15, 0.2) is 6.61 Å². The van der Waals surface area contributed by atoms with E-state index in [-0.39, 0.29) is 65.6 Å². The Bertz CT molecular complexity index is 1120. The Hall–Kier alpha value is -1.34. The Morgan fingerprint density at radius 1 is 0.974 bits per heavy atom. The van der Waals surface area contributed by atoms with E-state index >= 15 is 0 Å². The van der Waals surface area contributed by atoms with E-state index in [2.05, 4.69) is 10.2 Å². The van der Waals surface area contributed by atoms with Crippen molar-refractivity contribution in [3.63, 3.8) is 0 Å². The second kappa shape index (κ2) is 13.3. The molecule has 0 unspecified atom stereocenters. The van der Waals surface area contributed by atoms with Gasteiger partial charge in [-0.05, 0) is 32.0 Å². The van der Waals surface area contributed by atoms with Gasteiger partial charge < -0.3 is 24.8 Å². The van der Waals surface area contributed by atoms with Crippen molar-refractivity contribution in [3.05, 3.63) is 27.2 Å². The lowest BCUT2D eigenvalue weighted by molar-refractivity contribution is -0.138. The van der Waals surface area contributed by atoms with Crippen LogP contribution < -0.4 is 10.1 Å². The molecule has 4 rings (SSSR count). The van der Waals surface area contributed by atoms with Crippen molar-refractivity contribution in [2.45, 2.75) is 25.3 Å². The maximum Gasteiger partial charge on any atom is 0.260 e. The average Bonchev–Trinajstić information content (AvgIpc) is 3.30. The molecule has 38 heavy (non-hydrogen) atoms. The minimum Gasteiger partial charge on any atom is -0.482 e. The topological polar surface area (TPSA) is 102 Å². The molecule has 1 aromatic carbocycles. The fourth-order valence-electron chi connectivity index (χ4n) is 5.08. The first kappa shape index (κ1) is 29.6. The summed E-state index contributed by atoms with van der Waals surface area (Å²) in [6.07, 6.45) is 2.55. The second-order valence-corrected chi connectivity index (χ2v) is 13.2. The highest BCUT2D eigenvalue weighted by Crippen LogP contribution is 2.34. The maximum atomic E-state index is 13.3. The van der Waals surface area contributed by atoms with E-state index in [1.165, 1.54) is 16.4 Å². The number of amides is 2. The molecule has 0 radical (unpaired) electrons. The summed E-state index contributed by atoms with van der Waals surface area (Å²) in [5.74, 6) is -0.0107. The van der Waals surface area contributed by atoms with Crippen molar-refractivity contribution < 1.29 is 22.7 Å². The van der Waals surface area contributed by atoms with Crippen LogP contribution in [0.2, 0.25) is 15.1 Å². The van der Waals surface area contributed by atoms with Gasteiger partial charge in [0.1, 0.15) is 5.75 Å². The van der Waals surface area contributed by atoms with Crippen LogP contribution in [-0.4, -0.2) is 123 Å². The number of benzene rings is 1.